The molecular weight excluding hydrogens is 292 g/mol. The summed E-state index contributed by atoms with van der Waals surface area (Å²) in [5.41, 5.74) is 0.222. The van der Waals surface area contributed by atoms with Crippen LogP contribution in [-0.2, 0) is 4.74 Å². The van der Waals surface area contributed by atoms with Crippen molar-refractivity contribution in [2.75, 3.05) is 33.3 Å². The van der Waals surface area contributed by atoms with Crippen LogP contribution >= 0.6 is 11.6 Å². The lowest BCUT2D eigenvalue weighted by Crippen LogP contribution is -2.46. The van der Waals surface area contributed by atoms with E-state index in [0.717, 1.165) is 13.1 Å². The average Bonchev–Trinajstić information content (AvgIpc) is 2.45. The monoisotopic (exact) mass is 312 g/mol. The molecule has 1 aromatic rings. The van der Waals surface area contributed by atoms with Crippen LogP contribution in [0, 0.1) is 0 Å². The molecule has 1 fully saturated rings. The summed E-state index contributed by atoms with van der Waals surface area (Å²) in [6, 6.07) is 0. The third-order valence-corrected chi connectivity index (χ3v) is 3.60. The number of morpholine rings is 1. The first-order valence-corrected chi connectivity index (χ1v) is 7.46. The lowest BCUT2D eigenvalue weighted by atomic mass is 10.2. The topological polar surface area (TPSA) is 67.4 Å². The molecule has 6 nitrogen and oxygen atoms in total. The molecule has 1 atom stereocenters. The van der Waals surface area contributed by atoms with Gasteiger partial charge in [0.1, 0.15) is 11.5 Å². The lowest BCUT2D eigenvalue weighted by Gasteiger charge is -2.30. The van der Waals surface area contributed by atoms with E-state index in [0.29, 0.717) is 19.0 Å². The molecule has 1 aromatic heterocycles. The van der Waals surface area contributed by atoms with E-state index in [4.69, 9.17) is 16.3 Å². The molecule has 1 amide bonds. The Morgan fingerprint density at radius 2 is 2.38 bits per heavy atom. The van der Waals surface area contributed by atoms with Gasteiger partial charge in [-0.1, -0.05) is 25.4 Å². The van der Waals surface area contributed by atoms with Crippen molar-refractivity contribution in [3.63, 3.8) is 0 Å². The van der Waals surface area contributed by atoms with Crippen LogP contribution in [0.2, 0.25) is 5.02 Å². The quantitative estimate of drug-likeness (QED) is 0.908. The summed E-state index contributed by atoms with van der Waals surface area (Å²) in [5, 5.41) is 3.09. The molecule has 0 saturated carbocycles. The third kappa shape index (κ3) is 4.36. The molecule has 0 bridgehead atoms. The van der Waals surface area contributed by atoms with Crippen molar-refractivity contribution in [1.29, 1.82) is 0 Å². The molecule has 0 aromatic carbocycles. The second-order valence-electron chi connectivity index (χ2n) is 5.54. The fraction of sp³-hybridized carbons (Fsp3) is 0.643. The van der Waals surface area contributed by atoms with E-state index in [-0.39, 0.29) is 28.6 Å². The number of nitrogens with zero attached hydrogens (tertiary/aromatic N) is 3. The van der Waals surface area contributed by atoms with E-state index in [9.17, 15) is 4.79 Å². The standard InChI is InChI=1S/C14H21ClN4O2/c1-9(2)13-16-7-11(15)12(18-13)14(20)17-6-10-8-19(3)4-5-21-10/h7,9-10H,4-6,8H2,1-3H3,(H,17,20)/t10-/m1/s1. The van der Waals surface area contributed by atoms with Crippen LogP contribution in [0.3, 0.4) is 0 Å². The zero-order chi connectivity index (χ0) is 15.4. The fourth-order valence-corrected chi connectivity index (χ4v) is 2.28. The molecule has 1 aliphatic heterocycles. The van der Waals surface area contributed by atoms with Crippen molar-refractivity contribution in [2.24, 2.45) is 0 Å². The second-order valence-corrected chi connectivity index (χ2v) is 5.95. The molecule has 0 spiro atoms. The number of nitrogens with one attached hydrogen (secondary N) is 1. The first-order chi connectivity index (χ1) is 9.97. The molecular formula is C14H21ClN4O2. The summed E-state index contributed by atoms with van der Waals surface area (Å²) in [4.78, 5) is 22.8. The minimum absolute atomic E-state index is 0.00196. The predicted octanol–water partition coefficient (Wildman–Crippen LogP) is 1.31. The molecule has 0 unspecified atom stereocenters. The summed E-state index contributed by atoms with van der Waals surface area (Å²) in [5.74, 6) is 0.462. The smallest absolute Gasteiger partial charge is 0.271 e. The summed E-state index contributed by atoms with van der Waals surface area (Å²) in [6.07, 6.45) is 1.47. The van der Waals surface area contributed by atoms with Gasteiger partial charge >= 0.3 is 0 Å². The van der Waals surface area contributed by atoms with Crippen LogP contribution in [0.5, 0.6) is 0 Å². The Kier molecular flexibility index (Phi) is 5.50. The zero-order valence-electron chi connectivity index (χ0n) is 12.6. The highest BCUT2D eigenvalue weighted by atomic mass is 35.5. The van der Waals surface area contributed by atoms with E-state index in [1.165, 1.54) is 6.20 Å². The van der Waals surface area contributed by atoms with Crippen LogP contribution in [-0.4, -0.2) is 60.2 Å². The van der Waals surface area contributed by atoms with Crippen molar-refractivity contribution in [2.45, 2.75) is 25.9 Å². The van der Waals surface area contributed by atoms with Crippen LogP contribution in [0.15, 0.2) is 6.20 Å². The molecule has 116 valence electrons. The number of ether oxygens (including phenoxy) is 1. The Balaban J connectivity index is 1.98. The number of aromatic nitrogens is 2. The maximum atomic E-state index is 12.2. The largest absolute Gasteiger partial charge is 0.374 e. The van der Waals surface area contributed by atoms with Gasteiger partial charge in [0.2, 0.25) is 0 Å². The first-order valence-electron chi connectivity index (χ1n) is 7.08. The molecule has 2 rings (SSSR count). The van der Waals surface area contributed by atoms with Gasteiger partial charge in [0.15, 0.2) is 0 Å². The summed E-state index contributed by atoms with van der Waals surface area (Å²) < 4.78 is 5.60. The molecule has 0 aliphatic carbocycles. The number of carbonyl (C=O) groups is 1. The van der Waals surface area contributed by atoms with Gasteiger partial charge in [-0.05, 0) is 7.05 Å². The second kappa shape index (κ2) is 7.15. The molecule has 1 aliphatic rings. The Hall–Kier alpha value is -1.24. The Morgan fingerprint density at radius 1 is 1.62 bits per heavy atom. The number of halogens is 1. The van der Waals surface area contributed by atoms with Crippen LogP contribution < -0.4 is 5.32 Å². The maximum Gasteiger partial charge on any atom is 0.271 e. The summed E-state index contributed by atoms with van der Waals surface area (Å²) in [6.45, 7) is 6.78. The van der Waals surface area contributed by atoms with Crippen LogP contribution in [0.1, 0.15) is 36.1 Å². The Morgan fingerprint density at radius 3 is 3.05 bits per heavy atom. The van der Waals surface area contributed by atoms with E-state index in [1.54, 1.807) is 0 Å². The van der Waals surface area contributed by atoms with Gasteiger partial charge in [0.05, 0.1) is 23.9 Å². The molecule has 0 radical (unpaired) electrons. The number of hydrogen-bond donors (Lipinski definition) is 1. The number of likely N-dealkylation sites (N-methyl/N-ethyl adjacent to an activating group) is 1. The normalized spacial score (nSPS) is 19.8. The van der Waals surface area contributed by atoms with E-state index < -0.39 is 0 Å². The molecule has 1 saturated heterocycles. The summed E-state index contributed by atoms with van der Waals surface area (Å²) >= 11 is 6.02. The molecule has 1 N–H and O–H groups in total. The Bertz CT molecular complexity index is 510. The number of hydrogen-bond acceptors (Lipinski definition) is 5. The minimum atomic E-state index is -0.291. The van der Waals surface area contributed by atoms with Crippen molar-refractivity contribution in [1.82, 2.24) is 20.2 Å². The molecule has 7 heteroatoms. The van der Waals surface area contributed by atoms with Gasteiger partial charge in [-0.2, -0.15) is 0 Å². The third-order valence-electron chi connectivity index (χ3n) is 3.33. The maximum absolute atomic E-state index is 12.2. The van der Waals surface area contributed by atoms with Gasteiger partial charge in [0, 0.05) is 25.6 Å². The average molecular weight is 313 g/mol. The highest BCUT2D eigenvalue weighted by Crippen LogP contribution is 2.16. The lowest BCUT2D eigenvalue weighted by molar-refractivity contribution is -0.0175. The van der Waals surface area contributed by atoms with Crippen molar-refractivity contribution in [3.05, 3.63) is 22.7 Å². The summed E-state index contributed by atoms with van der Waals surface area (Å²) in [7, 11) is 2.04. The van der Waals surface area contributed by atoms with Gasteiger partial charge in [0.25, 0.3) is 5.91 Å². The van der Waals surface area contributed by atoms with Gasteiger partial charge in [-0.15, -0.1) is 0 Å². The van der Waals surface area contributed by atoms with Crippen molar-refractivity contribution < 1.29 is 9.53 Å². The van der Waals surface area contributed by atoms with Gasteiger partial charge < -0.3 is 15.0 Å². The number of amides is 1. The number of rotatable bonds is 4. The van der Waals surface area contributed by atoms with E-state index in [2.05, 4.69) is 20.2 Å². The highest BCUT2D eigenvalue weighted by molar-refractivity contribution is 6.33. The van der Waals surface area contributed by atoms with Crippen molar-refractivity contribution >= 4 is 17.5 Å². The highest BCUT2D eigenvalue weighted by Gasteiger charge is 2.20. The predicted molar refractivity (Wildman–Crippen MR) is 80.7 cm³/mol. The van der Waals surface area contributed by atoms with Gasteiger partial charge in [-0.25, -0.2) is 9.97 Å². The van der Waals surface area contributed by atoms with Crippen molar-refractivity contribution in [3.8, 4) is 0 Å². The van der Waals surface area contributed by atoms with E-state index in [1.807, 2.05) is 20.9 Å². The number of carbonyl (C=O) groups excluding carboxylic acids is 1. The minimum Gasteiger partial charge on any atom is -0.374 e. The van der Waals surface area contributed by atoms with Crippen LogP contribution in [0.4, 0.5) is 0 Å². The zero-order valence-corrected chi connectivity index (χ0v) is 13.4. The van der Waals surface area contributed by atoms with Crippen LogP contribution in [0.25, 0.3) is 0 Å². The first kappa shape index (κ1) is 16.1. The molecule has 2 heterocycles. The SMILES string of the molecule is CC(C)c1ncc(Cl)c(C(=O)NC[C@@H]2CN(C)CCO2)n1. The fourth-order valence-electron chi connectivity index (χ4n) is 2.10. The Labute approximate surface area is 129 Å². The molecule has 21 heavy (non-hydrogen) atoms. The van der Waals surface area contributed by atoms with E-state index >= 15 is 0 Å². The van der Waals surface area contributed by atoms with Gasteiger partial charge in [-0.3, -0.25) is 4.79 Å².